The van der Waals surface area contributed by atoms with Crippen LogP contribution in [0.25, 0.3) is 5.69 Å². The number of benzene rings is 3. The molecule has 35 heavy (non-hydrogen) atoms. The fraction of sp³-hybridized carbons (Fsp3) is 0.250. The maximum atomic E-state index is 12.2. The molecule has 7 heteroatoms. The van der Waals surface area contributed by atoms with E-state index in [2.05, 4.69) is 51.3 Å². The van der Waals surface area contributed by atoms with Crippen LogP contribution in [0.2, 0.25) is 5.02 Å². The normalized spacial score (nSPS) is 10.9. The Hall–Kier alpha value is -3.09. The van der Waals surface area contributed by atoms with Gasteiger partial charge in [0.1, 0.15) is 5.82 Å². The first-order chi connectivity index (χ1) is 17.1. The molecule has 1 aromatic heterocycles. The SMILES string of the molecule is Cc1ccccc1CSc1nnc(CCCCC(=O)NCc2ccccc2)n1-c1cccc(Cl)c1. The van der Waals surface area contributed by atoms with Gasteiger partial charge in [-0.15, -0.1) is 10.2 Å². The lowest BCUT2D eigenvalue weighted by Crippen LogP contribution is -2.22. The van der Waals surface area contributed by atoms with E-state index in [1.807, 2.05) is 54.6 Å². The van der Waals surface area contributed by atoms with E-state index in [1.54, 1.807) is 11.8 Å². The maximum Gasteiger partial charge on any atom is 0.220 e. The summed E-state index contributed by atoms with van der Waals surface area (Å²) in [6.45, 7) is 2.68. The van der Waals surface area contributed by atoms with Gasteiger partial charge in [0.25, 0.3) is 0 Å². The molecule has 180 valence electrons. The van der Waals surface area contributed by atoms with Gasteiger partial charge >= 0.3 is 0 Å². The van der Waals surface area contributed by atoms with Crippen molar-refractivity contribution < 1.29 is 4.79 Å². The molecule has 0 radical (unpaired) electrons. The minimum atomic E-state index is 0.0691. The minimum absolute atomic E-state index is 0.0691. The number of rotatable bonds is 11. The summed E-state index contributed by atoms with van der Waals surface area (Å²) in [7, 11) is 0. The van der Waals surface area contributed by atoms with E-state index < -0.39 is 0 Å². The highest BCUT2D eigenvalue weighted by atomic mass is 35.5. The van der Waals surface area contributed by atoms with E-state index in [0.717, 1.165) is 47.2 Å². The average molecular weight is 505 g/mol. The molecule has 0 atom stereocenters. The van der Waals surface area contributed by atoms with Gasteiger partial charge in [-0.25, -0.2) is 0 Å². The van der Waals surface area contributed by atoms with Crippen molar-refractivity contribution in [3.63, 3.8) is 0 Å². The average Bonchev–Trinajstić information content (AvgIpc) is 3.28. The lowest BCUT2D eigenvalue weighted by Gasteiger charge is -2.11. The van der Waals surface area contributed by atoms with Crippen molar-refractivity contribution >= 4 is 29.3 Å². The Bertz CT molecular complexity index is 1260. The summed E-state index contributed by atoms with van der Waals surface area (Å²) in [5, 5.41) is 13.5. The summed E-state index contributed by atoms with van der Waals surface area (Å²) >= 11 is 7.96. The molecule has 0 spiro atoms. The van der Waals surface area contributed by atoms with Crippen molar-refractivity contribution in [3.05, 3.63) is 106 Å². The zero-order chi connectivity index (χ0) is 24.5. The Morgan fingerprint density at radius 2 is 1.77 bits per heavy atom. The molecule has 1 heterocycles. The second-order valence-corrected chi connectivity index (χ2v) is 9.78. The molecule has 0 aliphatic rings. The number of nitrogens with one attached hydrogen (secondary N) is 1. The van der Waals surface area contributed by atoms with Crippen LogP contribution in [0.5, 0.6) is 0 Å². The molecular weight excluding hydrogens is 476 g/mol. The quantitative estimate of drug-likeness (QED) is 0.186. The molecule has 0 aliphatic heterocycles. The molecule has 0 fully saturated rings. The lowest BCUT2D eigenvalue weighted by molar-refractivity contribution is -0.121. The molecule has 0 saturated heterocycles. The van der Waals surface area contributed by atoms with Gasteiger partial charge in [0.05, 0.1) is 5.69 Å². The zero-order valence-electron chi connectivity index (χ0n) is 19.8. The monoisotopic (exact) mass is 504 g/mol. The topological polar surface area (TPSA) is 59.8 Å². The molecule has 1 amide bonds. The van der Waals surface area contributed by atoms with Crippen LogP contribution in [-0.2, 0) is 23.5 Å². The second kappa shape index (κ2) is 12.6. The summed E-state index contributed by atoms with van der Waals surface area (Å²) in [5.74, 6) is 1.76. The molecule has 0 saturated carbocycles. The molecule has 3 aromatic carbocycles. The number of thioether (sulfide) groups is 1. The highest BCUT2D eigenvalue weighted by Gasteiger charge is 2.15. The molecule has 4 rings (SSSR count). The Kier molecular flexibility index (Phi) is 8.98. The third-order valence-corrected chi connectivity index (χ3v) is 6.98. The largest absolute Gasteiger partial charge is 0.352 e. The molecular formula is C28H29ClN4OS. The molecule has 0 bridgehead atoms. The number of carbonyl (C=O) groups excluding carboxylic acids is 1. The fourth-order valence-corrected chi connectivity index (χ4v) is 5.03. The van der Waals surface area contributed by atoms with Crippen LogP contribution >= 0.6 is 23.4 Å². The van der Waals surface area contributed by atoms with Gasteiger partial charge in [0.15, 0.2) is 5.16 Å². The van der Waals surface area contributed by atoms with Gasteiger partial charge < -0.3 is 5.32 Å². The first-order valence-electron chi connectivity index (χ1n) is 11.8. The van der Waals surface area contributed by atoms with Gasteiger partial charge in [-0.1, -0.05) is 84.0 Å². The summed E-state index contributed by atoms with van der Waals surface area (Å²) < 4.78 is 2.09. The van der Waals surface area contributed by atoms with Crippen LogP contribution in [0.1, 0.15) is 41.8 Å². The van der Waals surface area contributed by atoms with Crippen molar-refractivity contribution in [2.75, 3.05) is 0 Å². The lowest BCUT2D eigenvalue weighted by atomic mass is 10.1. The molecule has 0 aliphatic carbocycles. The van der Waals surface area contributed by atoms with Crippen molar-refractivity contribution in [2.24, 2.45) is 0 Å². The predicted molar refractivity (Wildman–Crippen MR) is 143 cm³/mol. The zero-order valence-corrected chi connectivity index (χ0v) is 21.4. The molecule has 4 aromatic rings. The van der Waals surface area contributed by atoms with Crippen LogP contribution in [0.15, 0.2) is 84.0 Å². The first-order valence-corrected chi connectivity index (χ1v) is 13.1. The van der Waals surface area contributed by atoms with Gasteiger partial charge in [-0.2, -0.15) is 0 Å². The number of aromatic nitrogens is 3. The number of carbonyl (C=O) groups is 1. The van der Waals surface area contributed by atoms with Crippen LogP contribution in [0.3, 0.4) is 0 Å². The van der Waals surface area contributed by atoms with E-state index in [9.17, 15) is 4.79 Å². The standard InChI is InChI=1S/C28H29ClN4OS/c1-21-10-5-6-13-23(21)20-35-28-32-31-26(33(28)25-15-9-14-24(29)18-25)16-7-8-17-27(34)30-19-22-11-3-2-4-12-22/h2-6,9-15,18H,7-8,16-17,19-20H2,1H3,(H,30,34). The highest BCUT2D eigenvalue weighted by molar-refractivity contribution is 7.98. The summed E-state index contributed by atoms with van der Waals surface area (Å²) in [6, 6.07) is 26.1. The van der Waals surface area contributed by atoms with E-state index in [1.165, 1.54) is 11.1 Å². The Morgan fingerprint density at radius 1 is 0.971 bits per heavy atom. The summed E-state index contributed by atoms with van der Waals surface area (Å²) in [5.41, 5.74) is 4.59. The van der Waals surface area contributed by atoms with E-state index in [-0.39, 0.29) is 5.91 Å². The Morgan fingerprint density at radius 3 is 2.57 bits per heavy atom. The Labute approximate surface area is 215 Å². The van der Waals surface area contributed by atoms with Crippen LogP contribution in [-0.4, -0.2) is 20.7 Å². The van der Waals surface area contributed by atoms with Gasteiger partial charge in [-0.3, -0.25) is 9.36 Å². The maximum absolute atomic E-state index is 12.2. The molecule has 5 nitrogen and oxygen atoms in total. The van der Waals surface area contributed by atoms with Crippen molar-refractivity contribution in [1.82, 2.24) is 20.1 Å². The van der Waals surface area contributed by atoms with Gasteiger partial charge in [-0.05, 0) is 54.7 Å². The molecule has 1 N–H and O–H groups in total. The number of hydrogen-bond donors (Lipinski definition) is 1. The highest BCUT2D eigenvalue weighted by Crippen LogP contribution is 2.28. The van der Waals surface area contributed by atoms with E-state index >= 15 is 0 Å². The number of aryl methyl sites for hydroxylation is 2. The van der Waals surface area contributed by atoms with Crippen molar-refractivity contribution in [1.29, 1.82) is 0 Å². The number of halogens is 1. The van der Waals surface area contributed by atoms with Crippen molar-refractivity contribution in [3.8, 4) is 5.69 Å². The number of amides is 1. The summed E-state index contributed by atoms with van der Waals surface area (Å²) in [4.78, 5) is 12.2. The fourth-order valence-electron chi connectivity index (χ4n) is 3.80. The van der Waals surface area contributed by atoms with Gasteiger partial charge in [0.2, 0.25) is 5.91 Å². The van der Waals surface area contributed by atoms with Gasteiger partial charge in [0, 0.05) is 30.2 Å². The van der Waals surface area contributed by atoms with E-state index in [0.29, 0.717) is 18.0 Å². The number of unbranched alkanes of at least 4 members (excludes halogenated alkanes) is 1. The Balaban J connectivity index is 1.37. The van der Waals surface area contributed by atoms with E-state index in [4.69, 9.17) is 11.6 Å². The third kappa shape index (κ3) is 7.20. The minimum Gasteiger partial charge on any atom is -0.352 e. The van der Waals surface area contributed by atoms with Crippen LogP contribution < -0.4 is 5.32 Å². The van der Waals surface area contributed by atoms with Crippen LogP contribution in [0, 0.1) is 6.92 Å². The number of hydrogen-bond acceptors (Lipinski definition) is 4. The smallest absolute Gasteiger partial charge is 0.220 e. The predicted octanol–water partition coefficient (Wildman–Crippen LogP) is 6.55. The first kappa shape index (κ1) is 25.0. The third-order valence-electron chi connectivity index (χ3n) is 5.77. The summed E-state index contributed by atoms with van der Waals surface area (Å²) in [6.07, 6.45) is 2.86. The second-order valence-electron chi connectivity index (χ2n) is 8.40. The molecule has 0 unspecified atom stereocenters. The van der Waals surface area contributed by atoms with Crippen molar-refractivity contribution in [2.45, 2.75) is 50.1 Å². The van der Waals surface area contributed by atoms with Crippen LogP contribution in [0.4, 0.5) is 0 Å². The number of nitrogens with zero attached hydrogens (tertiary/aromatic N) is 3.